The molecule has 49 valence electrons. The van der Waals surface area contributed by atoms with Crippen LogP contribution < -0.4 is 0 Å². The van der Waals surface area contributed by atoms with Gasteiger partial charge in [0, 0.05) is 6.54 Å². The second kappa shape index (κ2) is 5.10. The van der Waals surface area contributed by atoms with Crippen LogP contribution in [0.2, 0.25) is 0 Å². The van der Waals surface area contributed by atoms with Gasteiger partial charge in [-0.2, -0.15) is 5.26 Å². The third kappa shape index (κ3) is 3.53. The van der Waals surface area contributed by atoms with Crippen LogP contribution in [0.25, 0.3) is 0 Å². The Bertz CT molecular complexity index is 117. The van der Waals surface area contributed by atoms with Crippen molar-refractivity contribution in [3.8, 4) is 6.19 Å². The molecule has 0 aromatic carbocycles. The molecule has 0 aromatic heterocycles. The summed E-state index contributed by atoms with van der Waals surface area (Å²) in [6, 6.07) is 0. The van der Waals surface area contributed by atoms with E-state index < -0.39 is 0 Å². The van der Waals surface area contributed by atoms with Gasteiger partial charge in [0.05, 0.1) is 0 Å². The molecule has 1 radical (unpaired) electrons. The minimum Gasteiger partial charge on any atom is -0.262 e. The van der Waals surface area contributed by atoms with Crippen molar-refractivity contribution in [3.63, 3.8) is 0 Å². The van der Waals surface area contributed by atoms with Crippen molar-refractivity contribution in [2.24, 2.45) is 0 Å². The van der Waals surface area contributed by atoms with E-state index in [2.05, 4.69) is 0 Å². The number of hydrogen-bond donors (Lipinski definition) is 0. The number of rotatable bonds is 4. The van der Waals surface area contributed by atoms with Gasteiger partial charge in [-0.25, -0.2) is 4.90 Å². The van der Waals surface area contributed by atoms with Gasteiger partial charge in [-0.15, -0.1) is 0 Å². The zero-order chi connectivity index (χ0) is 7.11. The van der Waals surface area contributed by atoms with E-state index in [9.17, 15) is 4.79 Å². The highest BCUT2D eigenvalue weighted by Gasteiger charge is 1.96. The van der Waals surface area contributed by atoms with E-state index >= 15 is 0 Å². The van der Waals surface area contributed by atoms with E-state index in [1.165, 1.54) is 6.41 Å². The van der Waals surface area contributed by atoms with Gasteiger partial charge in [0.1, 0.15) is 0 Å². The summed E-state index contributed by atoms with van der Waals surface area (Å²) >= 11 is 0. The van der Waals surface area contributed by atoms with Gasteiger partial charge in [0.25, 0.3) is 0 Å². The molecule has 0 unspecified atom stereocenters. The molecule has 9 heavy (non-hydrogen) atoms. The number of nitrogens with zero attached hydrogens (tertiary/aromatic N) is 2. The predicted molar refractivity (Wildman–Crippen MR) is 32.9 cm³/mol. The van der Waals surface area contributed by atoms with Gasteiger partial charge >= 0.3 is 6.41 Å². The molecule has 0 bridgehead atoms. The number of hydrogen-bond acceptors (Lipinski definition) is 2. The van der Waals surface area contributed by atoms with E-state index in [0.717, 1.165) is 17.7 Å². The van der Waals surface area contributed by atoms with Gasteiger partial charge in [0.2, 0.25) is 0 Å². The van der Waals surface area contributed by atoms with Gasteiger partial charge in [-0.3, -0.25) is 4.79 Å². The van der Waals surface area contributed by atoms with Crippen molar-refractivity contribution in [1.82, 2.24) is 4.90 Å². The second-order valence-electron chi connectivity index (χ2n) is 1.70. The fourth-order valence-electron chi connectivity index (χ4n) is 0.432. The van der Waals surface area contributed by atoms with Crippen LogP contribution in [0.3, 0.4) is 0 Å². The summed E-state index contributed by atoms with van der Waals surface area (Å²) < 4.78 is 0. The Balaban J connectivity index is 3.34. The Hall–Kier alpha value is -1.04. The average molecular weight is 125 g/mol. The van der Waals surface area contributed by atoms with Crippen LogP contribution in [0.1, 0.15) is 19.8 Å². The summed E-state index contributed by atoms with van der Waals surface area (Å²) in [5.74, 6) is 0. The standard InChI is InChI=1S/C6H9N2O/c1-2-3-4-8(5-7)6-9/h2-4H2,1H3. The number of carbonyl (C=O) groups excluding carboxylic acids is 1. The fraction of sp³-hybridized carbons (Fsp3) is 0.667. The third-order valence-corrected chi connectivity index (χ3v) is 0.966. The lowest BCUT2D eigenvalue weighted by Gasteiger charge is -2.01. The molecule has 1 amide bonds. The molecule has 0 spiro atoms. The van der Waals surface area contributed by atoms with Crippen LogP contribution in [0.5, 0.6) is 0 Å². The number of amides is 1. The summed E-state index contributed by atoms with van der Waals surface area (Å²) in [7, 11) is 0. The highest BCUT2D eigenvalue weighted by molar-refractivity contribution is 5.50. The summed E-state index contributed by atoms with van der Waals surface area (Å²) in [6.45, 7) is 2.50. The van der Waals surface area contributed by atoms with Gasteiger partial charge in [-0.05, 0) is 6.42 Å². The first-order valence-electron chi connectivity index (χ1n) is 2.90. The summed E-state index contributed by atoms with van der Waals surface area (Å²) in [4.78, 5) is 10.8. The first-order chi connectivity index (χ1) is 4.35. The molecule has 3 heteroatoms. The maximum absolute atomic E-state index is 9.82. The molecule has 0 saturated heterocycles. The van der Waals surface area contributed by atoms with Crippen LogP contribution >= 0.6 is 0 Å². The molecule has 0 atom stereocenters. The van der Waals surface area contributed by atoms with Crippen LogP contribution in [-0.2, 0) is 4.79 Å². The molecule has 0 rings (SSSR count). The monoisotopic (exact) mass is 125 g/mol. The van der Waals surface area contributed by atoms with Crippen LogP contribution in [0.15, 0.2) is 0 Å². The molecule has 3 nitrogen and oxygen atoms in total. The Kier molecular flexibility index (Phi) is 4.51. The lowest BCUT2D eigenvalue weighted by Crippen LogP contribution is -2.15. The zero-order valence-electron chi connectivity index (χ0n) is 5.42. The number of nitriles is 1. The van der Waals surface area contributed by atoms with Gasteiger partial charge in [0.15, 0.2) is 6.19 Å². The second-order valence-corrected chi connectivity index (χ2v) is 1.70. The molecule has 0 fully saturated rings. The van der Waals surface area contributed by atoms with Crippen molar-refractivity contribution >= 4 is 6.41 Å². The normalized spacial score (nSPS) is 8.00. The first kappa shape index (κ1) is 7.96. The largest absolute Gasteiger partial charge is 0.326 e. The van der Waals surface area contributed by atoms with Crippen LogP contribution in [0, 0.1) is 11.5 Å². The highest BCUT2D eigenvalue weighted by Crippen LogP contribution is 1.88. The van der Waals surface area contributed by atoms with Crippen molar-refractivity contribution in [1.29, 1.82) is 5.26 Å². The molecule has 0 aliphatic rings. The Morgan fingerprint density at radius 1 is 1.67 bits per heavy atom. The maximum Gasteiger partial charge on any atom is 0.326 e. The topological polar surface area (TPSA) is 44.1 Å². The van der Waals surface area contributed by atoms with Crippen molar-refractivity contribution in [3.05, 3.63) is 0 Å². The molecule has 0 aliphatic carbocycles. The highest BCUT2D eigenvalue weighted by atomic mass is 16.1. The summed E-state index contributed by atoms with van der Waals surface area (Å²) in [6.07, 6.45) is 5.05. The van der Waals surface area contributed by atoms with E-state index in [-0.39, 0.29) is 0 Å². The maximum atomic E-state index is 9.82. The Morgan fingerprint density at radius 3 is 2.67 bits per heavy atom. The summed E-state index contributed by atoms with van der Waals surface area (Å²) in [5.41, 5.74) is 0. The number of unbranched alkanes of at least 4 members (excludes halogenated alkanes) is 1. The minimum atomic E-state index is 0.497. The molecule has 0 N–H and O–H groups in total. The smallest absolute Gasteiger partial charge is 0.262 e. The molecular formula is C6H9N2O. The Morgan fingerprint density at radius 2 is 2.33 bits per heavy atom. The fourth-order valence-corrected chi connectivity index (χ4v) is 0.432. The third-order valence-electron chi connectivity index (χ3n) is 0.966. The van der Waals surface area contributed by atoms with E-state index in [0.29, 0.717) is 6.54 Å². The zero-order valence-corrected chi connectivity index (χ0v) is 5.42. The van der Waals surface area contributed by atoms with Gasteiger partial charge in [-0.1, -0.05) is 13.3 Å². The van der Waals surface area contributed by atoms with Crippen molar-refractivity contribution in [2.45, 2.75) is 19.8 Å². The molecule has 0 saturated carbocycles. The molecule has 0 aliphatic heterocycles. The van der Waals surface area contributed by atoms with Crippen molar-refractivity contribution < 1.29 is 4.79 Å². The lowest BCUT2D eigenvalue weighted by molar-refractivity contribution is 0.461. The molecular weight excluding hydrogens is 116 g/mol. The van der Waals surface area contributed by atoms with Crippen LogP contribution in [0.4, 0.5) is 0 Å². The first-order valence-corrected chi connectivity index (χ1v) is 2.90. The quantitative estimate of drug-likeness (QED) is 0.408. The summed E-state index contributed by atoms with van der Waals surface area (Å²) in [5, 5.41) is 8.17. The van der Waals surface area contributed by atoms with Crippen LogP contribution in [-0.4, -0.2) is 17.9 Å². The van der Waals surface area contributed by atoms with E-state index in [4.69, 9.17) is 5.26 Å². The molecule has 0 aromatic rings. The minimum absolute atomic E-state index is 0.497. The predicted octanol–water partition coefficient (Wildman–Crippen LogP) is 0.637. The van der Waals surface area contributed by atoms with E-state index in [1.54, 1.807) is 6.19 Å². The Labute approximate surface area is 54.9 Å². The average Bonchev–Trinajstić information content (AvgIpc) is 1.91. The van der Waals surface area contributed by atoms with Gasteiger partial charge < -0.3 is 0 Å². The SMILES string of the molecule is CCCCN([C]=O)C#N. The molecule has 0 heterocycles. The van der Waals surface area contributed by atoms with Crippen molar-refractivity contribution in [2.75, 3.05) is 6.54 Å². The lowest BCUT2D eigenvalue weighted by atomic mass is 10.3. The van der Waals surface area contributed by atoms with E-state index in [1.807, 2.05) is 6.92 Å².